The van der Waals surface area contributed by atoms with Crippen LogP contribution in [0.3, 0.4) is 0 Å². The van der Waals surface area contributed by atoms with Crippen molar-refractivity contribution in [3.63, 3.8) is 0 Å². The Morgan fingerprint density at radius 1 is 1.03 bits per heavy atom. The Bertz CT molecular complexity index is 1280. The lowest BCUT2D eigenvalue weighted by Crippen LogP contribution is -2.31. The second-order valence-electron chi connectivity index (χ2n) is 6.79. The minimum atomic E-state index is -0.843. The molecular formula is C22H16BrNO7. The number of carbonyl (C=O) groups is 3. The average Bonchev–Trinajstić information content (AvgIpc) is 2.99. The number of rotatable bonds is 6. The maximum atomic E-state index is 12.4. The number of benzene rings is 2. The minimum absolute atomic E-state index is 0.0779. The van der Waals surface area contributed by atoms with Crippen molar-refractivity contribution < 1.29 is 28.3 Å². The molecule has 0 unspecified atom stereocenters. The van der Waals surface area contributed by atoms with Gasteiger partial charge in [0.25, 0.3) is 11.8 Å². The van der Waals surface area contributed by atoms with Gasteiger partial charge in [-0.1, -0.05) is 15.9 Å². The Kier molecular flexibility index (Phi) is 5.60. The summed E-state index contributed by atoms with van der Waals surface area (Å²) in [5.74, 6) is -1.07. The van der Waals surface area contributed by atoms with Gasteiger partial charge < -0.3 is 13.9 Å². The van der Waals surface area contributed by atoms with Crippen molar-refractivity contribution in [1.29, 1.82) is 0 Å². The summed E-state index contributed by atoms with van der Waals surface area (Å²) in [5.41, 5.74) is -0.0606. The Balaban J connectivity index is 1.39. The smallest absolute Gasteiger partial charge is 0.351 e. The number of imide groups is 1. The number of ether oxygens (including phenoxy) is 2. The molecule has 1 aromatic heterocycles. The summed E-state index contributed by atoms with van der Waals surface area (Å²) in [6.07, 6.45) is 0.227. The normalized spacial score (nSPS) is 12.9. The molecule has 2 aromatic carbocycles. The second-order valence-corrected chi connectivity index (χ2v) is 7.71. The number of carbonyl (C=O) groups excluding carboxylic acids is 3. The van der Waals surface area contributed by atoms with Crippen LogP contribution in [-0.2, 0) is 4.74 Å². The molecule has 1 aliphatic heterocycles. The lowest BCUT2D eigenvalue weighted by Gasteiger charge is -2.13. The summed E-state index contributed by atoms with van der Waals surface area (Å²) in [6.45, 7) is 0.00624. The van der Waals surface area contributed by atoms with Crippen molar-refractivity contribution >= 4 is 44.7 Å². The van der Waals surface area contributed by atoms with Crippen molar-refractivity contribution in [2.24, 2.45) is 0 Å². The fourth-order valence-corrected chi connectivity index (χ4v) is 3.66. The lowest BCUT2D eigenvalue weighted by molar-refractivity contribution is 0.0478. The first-order chi connectivity index (χ1) is 14.9. The fraction of sp³-hybridized carbons (Fsp3) is 0.182. The topological polar surface area (TPSA) is 103 Å². The first-order valence-electron chi connectivity index (χ1n) is 9.34. The zero-order chi connectivity index (χ0) is 22.1. The number of hydrogen-bond donors (Lipinski definition) is 0. The van der Waals surface area contributed by atoms with Crippen LogP contribution >= 0.6 is 15.9 Å². The van der Waals surface area contributed by atoms with Gasteiger partial charge in [0, 0.05) is 16.4 Å². The molecule has 0 radical (unpaired) electrons. The van der Waals surface area contributed by atoms with Crippen molar-refractivity contribution in [3.05, 3.63) is 74.0 Å². The first kappa shape index (κ1) is 20.8. The molecular weight excluding hydrogens is 470 g/mol. The molecule has 2 heterocycles. The van der Waals surface area contributed by atoms with E-state index in [1.807, 2.05) is 0 Å². The van der Waals surface area contributed by atoms with E-state index in [1.165, 1.54) is 13.2 Å². The van der Waals surface area contributed by atoms with Crippen LogP contribution in [0.4, 0.5) is 0 Å². The molecule has 2 amide bonds. The molecule has 0 saturated carbocycles. The molecule has 0 aliphatic carbocycles. The highest BCUT2D eigenvalue weighted by Crippen LogP contribution is 2.26. The first-order valence-corrected chi connectivity index (χ1v) is 10.1. The predicted octanol–water partition coefficient (Wildman–Crippen LogP) is 3.41. The van der Waals surface area contributed by atoms with Crippen molar-refractivity contribution in [2.75, 3.05) is 20.3 Å². The number of methoxy groups -OCH3 is 1. The van der Waals surface area contributed by atoms with Gasteiger partial charge in [0.2, 0.25) is 0 Å². The van der Waals surface area contributed by atoms with Crippen LogP contribution in [-0.4, -0.2) is 42.9 Å². The SMILES string of the molecule is COc1ccc2oc(=O)c(C(=O)OCCCN3C(=O)c4ccc(Br)cc4C3=O)cc2c1. The monoisotopic (exact) mass is 485 g/mol. The molecule has 31 heavy (non-hydrogen) atoms. The van der Waals surface area contributed by atoms with Crippen LogP contribution in [0.1, 0.15) is 37.5 Å². The Morgan fingerprint density at radius 3 is 2.58 bits per heavy atom. The van der Waals surface area contributed by atoms with Crippen LogP contribution in [0.25, 0.3) is 11.0 Å². The molecule has 3 aromatic rings. The number of fused-ring (bicyclic) bond motifs is 2. The van der Waals surface area contributed by atoms with Crippen molar-refractivity contribution in [1.82, 2.24) is 4.90 Å². The third kappa shape index (κ3) is 3.96. The number of hydrogen-bond acceptors (Lipinski definition) is 7. The van der Waals surface area contributed by atoms with E-state index in [0.717, 1.165) is 4.90 Å². The van der Waals surface area contributed by atoms with E-state index in [0.29, 0.717) is 32.3 Å². The number of halogens is 1. The van der Waals surface area contributed by atoms with E-state index in [9.17, 15) is 19.2 Å². The highest BCUT2D eigenvalue weighted by atomic mass is 79.9. The standard InChI is InChI=1S/C22H16BrNO7/c1-29-14-4-6-18-12(9-14)10-17(22(28)31-18)21(27)30-8-2-7-24-19(25)15-5-3-13(23)11-16(15)20(24)26/h3-6,9-11H,2,7-8H2,1H3. The molecule has 0 fully saturated rings. The van der Waals surface area contributed by atoms with E-state index >= 15 is 0 Å². The fourth-order valence-electron chi connectivity index (χ4n) is 3.30. The van der Waals surface area contributed by atoms with Gasteiger partial charge in [0.1, 0.15) is 16.9 Å². The highest BCUT2D eigenvalue weighted by Gasteiger charge is 2.35. The van der Waals surface area contributed by atoms with Gasteiger partial charge >= 0.3 is 11.6 Å². The van der Waals surface area contributed by atoms with Gasteiger partial charge in [0.05, 0.1) is 24.8 Å². The van der Waals surface area contributed by atoms with Crippen LogP contribution in [0.5, 0.6) is 5.75 Å². The van der Waals surface area contributed by atoms with Gasteiger partial charge in [0.15, 0.2) is 0 Å². The molecule has 8 nitrogen and oxygen atoms in total. The maximum absolute atomic E-state index is 12.4. The van der Waals surface area contributed by atoms with Crippen LogP contribution in [0.15, 0.2) is 56.1 Å². The Labute approximate surface area is 184 Å². The van der Waals surface area contributed by atoms with Crippen molar-refractivity contribution in [3.8, 4) is 5.75 Å². The number of esters is 1. The summed E-state index contributed by atoms with van der Waals surface area (Å²) < 4.78 is 16.1. The molecule has 0 atom stereocenters. The molecule has 0 N–H and O–H groups in total. The Hall–Kier alpha value is -3.46. The van der Waals surface area contributed by atoms with E-state index < -0.39 is 17.5 Å². The Morgan fingerprint density at radius 2 is 1.81 bits per heavy atom. The number of nitrogens with zero attached hydrogens (tertiary/aromatic N) is 1. The zero-order valence-corrected chi connectivity index (χ0v) is 17.9. The van der Waals surface area contributed by atoms with E-state index in [4.69, 9.17) is 13.9 Å². The lowest BCUT2D eigenvalue weighted by atomic mass is 10.1. The minimum Gasteiger partial charge on any atom is -0.497 e. The van der Waals surface area contributed by atoms with Crippen LogP contribution in [0, 0.1) is 0 Å². The second kappa shape index (κ2) is 8.35. The van der Waals surface area contributed by atoms with Gasteiger partial charge in [-0.15, -0.1) is 0 Å². The summed E-state index contributed by atoms with van der Waals surface area (Å²) in [5, 5.41) is 0.517. The molecule has 9 heteroatoms. The largest absolute Gasteiger partial charge is 0.497 e. The van der Waals surface area contributed by atoms with E-state index in [-0.39, 0.29) is 31.0 Å². The summed E-state index contributed by atoms with van der Waals surface area (Å²) in [4.78, 5) is 50.4. The predicted molar refractivity (Wildman–Crippen MR) is 113 cm³/mol. The molecule has 158 valence electrons. The molecule has 0 saturated heterocycles. The molecule has 0 spiro atoms. The third-order valence-electron chi connectivity index (χ3n) is 4.85. The van der Waals surface area contributed by atoms with Gasteiger partial charge in [-0.25, -0.2) is 9.59 Å². The van der Waals surface area contributed by atoms with E-state index in [1.54, 1.807) is 36.4 Å². The van der Waals surface area contributed by atoms with E-state index in [2.05, 4.69) is 15.9 Å². The third-order valence-corrected chi connectivity index (χ3v) is 5.34. The van der Waals surface area contributed by atoms with Gasteiger partial charge in [-0.2, -0.15) is 0 Å². The summed E-state index contributed by atoms with van der Waals surface area (Å²) in [6, 6.07) is 11.1. The molecule has 0 bridgehead atoms. The summed E-state index contributed by atoms with van der Waals surface area (Å²) >= 11 is 3.28. The number of amides is 2. The summed E-state index contributed by atoms with van der Waals surface area (Å²) in [7, 11) is 1.50. The van der Waals surface area contributed by atoms with Crippen LogP contribution < -0.4 is 10.4 Å². The maximum Gasteiger partial charge on any atom is 0.351 e. The highest BCUT2D eigenvalue weighted by molar-refractivity contribution is 9.10. The van der Waals surface area contributed by atoms with Gasteiger partial charge in [-0.05, 0) is 48.9 Å². The molecule has 1 aliphatic rings. The van der Waals surface area contributed by atoms with Crippen molar-refractivity contribution in [2.45, 2.75) is 6.42 Å². The quantitative estimate of drug-likeness (QED) is 0.228. The zero-order valence-electron chi connectivity index (χ0n) is 16.3. The van der Waals surface area contributed by atoms with Gasteiger partial charge in [-0.3, -0.25) is 14.5 Å². The van der Waals surface area contributed by atoms with Crippen LogP contribution in [0.2, 0.25) is 0 Å². The average molecular weight is 486 g/mol. The molecule has 4 rings (SSSR count).